The molecule has 1 aromatic heterocycles. The van der Waals surface area contributed by atoms with Gasteiger partial charge in [-0.05, 0) is 38.1 Å². The van der Waals surface area contributed by atoms with E-state index in [2.05, 4.69) is 4.72 Å². The van der Waals surface area contributed by atoms with Crippen molar-refractivity contribution in [2.45, 2.75) is 25.2 Å². The summed E-state index contributed by atoms with van der Waals surface area (Å²) in [5.41, 5.74) is 1.03. The molecule has 0 amide bonds. The van der Waals surface area contributed by atoms with E-state index in [4.69, 9.17) is 4.42 Å². The second kappa shape index (κ2) is 5.59. The van der Waals surface area contributed by atoms with Crippen LogP contribution in [0.1, 0.15) is 17.1 Å². The molecular formula is C14H17NO3S. The lowest BCUT2D eigenvalue weighted by Gasteiger charge is -2.06. The van der Waals surface area contributed by atoms with Crippen LogP contribution in [0.5, 0.6) is 0 Å². The number of nitrogens with one attached hydrogen (secondary N) is 1. The Bertz CT molecular complexity index is 642. The van der Waals surface area contributed by atoms with Crippen LogP contribution in [-0.2, 0) is 16.4 Å². The minimum atomic E-state index is -3.43. The number of aryl methyl sites for hydroxylation is 2. The number of furan rings is 1. The van der Waals surface area contributed by atoms with Crippen molar-refractivity contribution in [3.63, 3.8) is 0 Å². The van der Waals surface area contributed by atoms with Crippen molar-refractivity contribution < 1.29 is 12.8 Å². The highest BCUT2D eigenvalue weighted by Gasteiger charge is 2.13. The van der Waals surface area contributed by atoms with Gasteiger partial charge in [0.1, 0.15) is 11.5 Å². The van der Waals surface area contributed by atoms with Gasteiger partial charge in [-0.2, -0.15) is 0 Å². The first-order valence-corrected chi connectivity index (χ1v) is 7.57. The zero-order valence-electron chi connectivity index (χ0n) is 11.0. The first-order chi connectivity index (χ1) is 8.97. The summed E-state index contributed by atoms with van der Waals surface area (Å²) in [7, 11) is -3.43. The average molecular weight is 279 g/mol. The highest BCUT2D eigenvalue weighted by atomic mass is 32.2. The lowest BCUT2D eigenvalue weighted by atomic mass is 10.2. The first kappa shape index (κ1) is 13.8. The maximum absolute atomic E-state index is 12.0. The molecule has 0 fully saturated rings. The van der Waals surface area contributed by atoms with Gasteiger partial charge in [-0.3, -0.25) is 0 Å². The molecule has 1 heterocycles. The summed E-state index contributed by atoms with van der Waals surface area (Å²) in [6.45, 7) is 4.10. The van der Waals surface area contributed by atoms with Gasteiger partial charge in [0.05, 0.1) is 4.90 Å². The Kier molecular flexibility index (Phi) is 4.07. The highest BCUT2D eigenvalue weighted by Crippen LogP contribution is 2.10. The van der Waals surface area contributed by atoms with Gasteiger partial charge in [0.2, 0.25) is 10.0 Å². The summed E-state index contributed by atoms with van der Waals surface area (Å²) in [6, 6.07) is 10.5. The second-order valence-corrected chi connectivity index (χ2v) is 6.24. The van der Waals surface area contributed by atoms with Crippen molar-refractivity contribution in [2.75, 3.05) is 6.54 Å². The van der Waals surface area contributed by atoms with Crippen molar-refractivity contribution in [2.24, 2.45) is 0 Å². The second-order valence-electron chi connectivity index (χ2n) is 4.47. The van der Waals surface area contributed by atoms with Gasteiger partial charge in [0.25, 0.3) is 0 Å². The van der Waals surface area contributed by atoms with E-state index in [9.17, 15) is 8.42 Å². The largest absolute Gasteiger partial charge is 0.466 e. The van der Waals surface area contributed by atoms with Crippen LogP contribution in [-0.4, -0.2) is 15.0 Å². The fourth-order valence-corrected chi connectivity index (χ4v) is 2.76. The van der Waals surface area contributed by atoms with E-state index in [1.807, 2.05) is 26.0 Å². The molecule has 0 saturated carbocycles. The normalized spacial score (nSPS) is 11.7. The molecule has 5 heteroatoms. The Morgan fingerprint density at radius 3 is 2.32 bits per heavy atom. The molecule has 0 aliphatic heterocycles. The summed E-state index contributed by atoms with van der Waals surface area (Å²) >= 11 is 0. The molecule has 102 valence electrons. The molecule has 2 rings (SSSR count). The van der Waals surface area contributed by atoms with E-state index in [1.54, 1.807) is 24.3 Å². The van der Waals surface area contributed by atoms with E-state index in [0.717, 1.165) is 17.1 Å². The van der Waals surface area contributed by atoms with Crippen LogP contribution in [0.3, 0.4) is 0 Å². The molecule has 0 unspecified atom stereocenters. The number of rotatable bonds is 5. The van der Waals surface area contributed by atoms with Crippen molar-refractivity contribution in [3.05, 3.63) is 53.5 Å². The molecule has 1 N–H and O–H groups in total. The van der Waals surface area contributed by atoms with Crippen molar-refractivity contribution >= 4 is 10.0 Å². The van der Waals surface area contributed by atoms with E-state index in [0.29, 0.717) is 13.0 Å². The number of hydrogen-bond donors (Lipinski definition) is 1. The summed E-state index contributed by atoms with van der Waals surface area (Å²) in [6.07, 6.45) is 0.541. The van der Waals surface area contributed by atoms with Crippen molar-refractivity contribution in [1.82, 2.24) is 4.72 Å². The Hall–Kier alpha value is -1.59. The average Bonchev–Trinajstić information content (AvgIpc) is 2.75. The molecule has 0 spiro atoms. The molecule has 19 heavy (non-hydrogen) atoms. The van der Waals surface area contributed by atoms with E-state index in [1.165, 1.54) is 0 Å². The van der Waals surface area contributed by atoms with Crippen LogP contribution in [0.25, 0.3) is 0 Å². The lowest BCUT2D eigenvalue weighted by Crippen LogP contribution is -2.25. The predicted octanol–water partition coefficient (Wildman–Crippen LogP) is 2.42. The maximum atomic E-state index is 12.0. The quantitative estimate of drug-likeness (QED) is 0.914. The first-order valence-electron chi connectivity index (χ1n) is 6.09. The monoisotopic (exact) mass is 279 g/mol. The van der Waals surface area contributed by atoms with Crippen LogP contribution < -0.4 is 4.72 Å². The van der Waals surface area contributed by atoms with Gasteiger partial charge < -0.3 is 4.42 Å². The molecule has 0 radical (unpaired) electrons. The molecule has 0 saturated heterocycles. The molecular weight excluding hydrogens is 262 g/mol. The van der Waals surface area contributed by atoms with E-state index < -0.39 is 10.0 Å². The topological polar surface area (TPSA) is 59.3 Å². The molecule has 0 bridgehead atoms. The van der Waals surface area contributed by atoms with Crippen LogP contribution in [0.4, 0.5) is 0 Å². The summed E-state index contributed by atoms with van der Waals surface area (Å²) < 4.78 is 31.9. The van der Waals surface area contributed by atoms with Gasteiger partial charge in [0.15, 0.2) is 0 Å². The van der Waals surface area contributed by atoms with Gasteiger partial charge in [-0.25, -0.2) is 13.1 Å². The molecule has 2 aromatic rings. The van der Waals surface area contributed by atoms with Crippen molar-refractivity contribution in [1.29, 1.82) is 0 Å². The Morgan fingerprint density at radius 2 is 1.74 bits per heavy atom. The number of benzene rings is 1. The van der Waals surface area contributed by atoms with Gasteiger partial charge >= 0.3 is 0 Å². The zero-order valence-corrected chi connectivity index (χ0v) is 11.8. The number of sulfonamides is 1. The summed E-state index contributed by atoms with van der Waals surface area (Å²) in [4.78, 5) is 0.286. The maximum Gasteiger partial charge on any atom is 0.240 e. The summed E-state index contributed by atoms with van der Waals surface area (Å²) in [5, 5.41) is 0. The standard InChI is InChI=1S/C14H17NO3S/c1-11-3-7-14(8-4-11)19(16,17)15-10-9-13-6-5-12(2)18-13/h3-8,15H,9-10H2,1-2H3. The van der Waals surface area contributed by atoms with Crippen LogP contribution in [0.2, 0.25) is 0 Å². The van der Waals surface area contributed by atoms with Gasteiger partial charge in [-0.1, -0.05) is 17.7 Å². The van der Waals surface area contributed by atoms with Crippen molar-refractivity contribution in [3.8, 4) is 0 Å². The van der Waals surface area contributed by atoms with Crippen LogP contribution in [0, 0.1) is 13.8 Å². The minimum absolute atomic E-state index is 0.286. The third kappa shape index (κ3) is 3.68. The SMILES string of the molecule is Cc1ccc(S(=O)(=O)NCCc2ccc(C)o2)cc1. The van der Waals surface area contributed by atoms with Crippen LogP contribution in [0.15, 0.2) is 45.7 Å². The van der Waals surface area contributed by atoms with Gasteiger partial charge in [0, 0.05) is 13.0 Å². The third-order valence-corrected chi connectivity index (χ3v) is 4.27. The smallest absolute Gasteiger partial charge is 0.240 e. The Labute approximate surface area is 113 Å². The molecule has 0 atom stereocenters. The Morgan fingerprint density at radius 1 is 1.05 bits per heavy atom. The lowest BCUT2D eigenvalue weighted by molar-refractivity contribution is 0.481. The summed E-state index contributed by atoms with van der Waals surface area (Å²) in [5.74, 6) is 1.61. The molecule has 1 aromatic carbocycles. The third-order valence-electron chi connectivity index (χ3n) is 2.79. The van der Waals surface area contributed by atoms with Crippen LogP contribution >= 0.6 is 0 Å². The zero-order chi connectivity index (χ0) is 13.9. The Balaban J connectivity index is 1.96. The molecule has 0 aliphatic rings. The fourth-order valence-electron chi connectivity index (χ4n) is 1.73. The predicted molar refractivity (Wildman–Crippen MR) is 73.5 cm³/mol. The molecule has 0 aliphatic carbocycles. The van der Waals surface area contributed by atoms with E-state index in [-0.39, 0.29) is 4.90 Å². The minimum Gasteiger partial charge on any atom is -0.466 e. The number of hydrogen-bond acceptors (Lipinski definition) is 3. The van der Waals surface area contributed by atoms with Gasteiger partial charge in [-0.15, -0.1) is 0 Å². The van der Waals surface area contributed by atoms with E-state index >= 15 is 0 Å². The molecule has 4 nitrogen and oxygen atoms in total. The fraction of sp³-hybridized carbons (Fsp3) is 0.286. The highest BCUT2D eigenvalue weighted by molar-refractivity contribution is 7.89.